The minimum Gasteiger partial charge on any atom is -0.270 e. The summed E-state index contributed by atoms with van der Waals surface area (Å²) >= 11 is 1.73. The second-order valence-electron chi connectivity index (χ2n) is 7.57. The first-order chi connectivity index (χ1) is 14.0. The van der Waals surface area contributed by atoms with Crippen molar-refractivity contribution in [2.75, 3.05) is 0 Å². The van der Waals surface area contributed by atoms with Crippen molar-refractivity contribution in [2.45, 2.75) is 38.6 Å². The van der Waals surface area contributed by atoms with E-state index in [4.69, 9.17) is 0 Å². The van der Waals surface area contributed by atoms with Crippen LogP contribution in [0.2, 0.25) is 0 Å². The summed E-state index contributed by atoms with van der Waals surface area (Å²) in [4.78, 5) is 0. The smallest absolute Gasteiger partial charge is 0.196 e. The van der Waals surface area contributed by atoms with Gasteiger partial charge in [0.25, 0.3) is 0 Å². The van der Waals surface area contributed by atoms with Crippen LogP contribution in [0.4, 0.5) is 0 Å². The highest BCUT2D eigenvalue weighted by atomic mass is 32.2. The number of hydrogen-bond acceptors (Lipinski definition) is 3. The first-order valence-corrected chi connectivity index (χ1v) is 10.8. The molecule has 3 aromatic carbocycles. The third kappa shape index (κ3) is 4.28. The molecule has 0 aliphatic rings. The fraction of sp³-hybridized carbons (Fsp3) is 0.200. The molecule has 0 aliphatic carbocycles. The minimum absolute atomic E-state index is 0.866. The monoisotopic (exact) mass is 399 g/mol. The topological polar surface area (TPSA) is 30.7 Å². The van der Waals surface area contributed by atoms with Gasteiger partial charge in [0, 0.05) is 17.0 Å². The lowest BCUT2D eigenvalue weighted by Gasteiger charge is -2.12. The van der Waals surface area contributed by atoms with Crippen LogP contribution in [0.3, 0.4) is 0 Å². The van der Waals surface area contributed by atoms with E-state index >= 15 is 0 Å². The molecule has 4 heteroatoms. The molecule has 0 aliphatic heterocycles. The van der Waals surface area contributed by atoms with Crippen LogP contribution in [-0.4, -0.2) is 14.8 Å². The molecule has 4 aromatic rings. The lowest BCUT2D eigenvalue weighted by atomic mass is 10.1. The summed E-state index contributed by atoms with van der Waals surface area (Å²) in [5.41, 5.74) is 8.54. The average molecular weight is 400 g/mol. The van der Waals surface area contributed by atoms with Gasteiger partial charge in [-0.15, -0.1) is 10.2 Å². The number of aromatic nitrogens is 3. The molecule has 0 amide bonds. The molecule has 0 unspecified atom stereocenters. The van der Waals surface area contributed by atoms with Gasteiger partial charge >= 0.3 is 0 Å². The Morgan fingerprint density at radius 2 is 1.48 bits per heavy atom. The van der Waals surface area contributed by atoms with E-state index in [-0.39, 0.29) is 0 Å². The molecule has 1 heterocycles. The van der Waals surface area contributed by atoms with Crippen molar-refractivity contribution in [3.8, 4) is 17.1 Å². The summed E-state index contributed by atoms with van der Waals surface area (Å²) in [6.07, 6.45) is 0. The van der Waals surface area contributed by atoms with Crippen molar-refractivity contribution in [3.05, 3.63) is 94.5 Å². The minimum atomic E-state index is 0.866. The summed E-state index contributed by atoms with van der Waals surface area (Å²) in [5.74, 6) is 1.74. The number of aryl methyl sites for hydroxylation is 4. The molecule has 3 nitrogen and oxygen atoms in total. The van der Waals surface area contributed by atoms with Gasteiger partial charge in [-0.3, -0.25) is 4.57 Å². The molecule has 0 fully saturated rings. The summed E-state index contributed by atoms with van der Waals surface area (Å²) in [6.45, 7) is 8.52. The molecule has 0 atom stereocenters. The summed E-state index contributed by atoms with van der Waals surface area (Å²) in [5, 5.41) is 10.1. The fourth-order valence-electron chi connectivity index (χ4n) is 3.43. The van der Waals surface area contributed by atoms with Gasteiger partial charge in [-0.2, -0.15) is 0 Å². The lowest BCUT2D eigenvalue weighted by molar-refractivity contribution is 0.884. The molecule has 29 heavy (non-hydrogen) atoms. The van der Waals surface area contributed by atoms with Gasteiger partial charge in [0.15, 0.2) is 11.0 Å². The van der Waals surface area contributed by atoms with Crippen LogP contribution in [0.5, 0.6) is 0 Å². The highest BCUT2D eigenvalue weighted by Crippen LogP contribution is 2.31. The van der Waals surface area contributed by atoms with Gasteiger partial charge in [0.05, 0.1) is 0 Å². The molecule has 0 bridgehead atoms. The number of hydrogen-bond donors (Lipinski definition) is 0. The van der Waals surface area contributed by atoms with Gasteiger partial charge in [0.1, 0.15) is 0 Å². The predicted octanol–water partition coefficient (Wildman–Crippen LogP) is 6.46. The van der Waals surface area contributed by atoms with Crippen LogP contribution < -0.4 is 0 Å². The number of rotatable bonds is 5. The average Bonchev–Trinajstić information content (AvgIpc) is 3.13. The Bertz CT molecular complexity index is 1160. The van der Waals surface area contributed by atoms with E-state index in [1.165, 1.54) is 27.8 Å². The Labute approximate surface area is 176 Å². The number of nitrogens with zero attached hydrogens (tertiary/aromatic N) is 3. The third-order valence-corrected chi connectivity index (χ3v) is 6.01. The van der Waals surface area contributed by atoms with Gasteiger partial charge in [0.2, 0.25) is 0 Å². The summed E-state index contributed by atoms with van der Waals surface area (Å²) in [7, 11) is 0. The van der Waals surface area contributed by atoms with Gasteiger partial charge in [-0.05, 0) is 62.6 Å². The maximum Gasteiger partial charge on any atom is 0.196 e. The Morgan fingerprint density at radius 1 is 0.759 bits per heavy atom. The SMILES string of the molecule is Cc1cccc(-c2nnc(SCc3cc(C)ccc3C)n2-c2cccc(C)c2)c1. The maximum atomic E-state index is 4.58. The van der Waals surface area contributed by atoms with Crippen molar-refractivity contribution < 1.29 is 0 Å². The van der Waals surface area contributed by atoms with Crippen molar-refractivity contribution >= 4 is 11.8 Å². The highest BCUT2D eigenvalue weighted by molar-refractivity contribution is 7.98. The summed E-state index contributed by atoms with van der Waals surface area (Å²) < 4.78 is 2.18. The van der Waals surface area contributed by atoms with Gasteiger partial charge < -0.3 is 0 Å². The zero-order chi connectivity index (χ0) is 20.4. The molecular weight excluding hydrogens is 374 g/mol. The van der Waals surface area contributed by atoms with E-state index < -0.39 is 0 Å². The highest BCUT2D eigenvalue weighted by Gasteiger charge is 2.17. The second-order valence-corrected chi connectivity index (χ2v) is 8.51. The quantitative estimate of drug-likeness (QED) is 0.361. The fourth-order valence-corrected chi connectivity index (χ4v) is 4.45. The predicted molar refractivity (Wildman–Crippen MR) is 122 cm³/mol. The number of benzene rings is 3. The van der Waals surface area contributed by atoms with Crippen molar-refractivity contribution in [2.24, 2.45) is 0 Å². The van der Waals surface area contributed by atoms with E-state index in [0.717, 1.165) is 28.0 Å². The number of thioether (sulfide) groups is 1. The van der Waals surface area contributed by atoms with E-state index in [9.17, 15) is 0 Å². The molecule has 4 rings (SSSR count). The first kappa shape index (κ1) is 19.5. The molecule has 0 spiro atoms. The molecular formula is C25H25N3S. The standard InChI is InChI=1S/C25H25N3S/c1-17-7-5-9-21(13-17)24-26-27-25(28(24)23-10-6-8-18(2)15-23)29-16-22-14-19(3)11-12-20(22)4/h5-15H,16H2,1-4H3. The van der Waals surface area contributed by atoms with Gasteiger partial charge in [-0.1, -0.05) is 71.4 Å². The van der Waals surface area contributed by atoms with Crippen molar-refractivity contribution in [1.29, 1.82) is 0 Å². The Morgan fingerprint density at radius 3 is 2.24 bits per heavy atom. The van der Waals surface area contributed by atoms with E-state index in [1.807, 2.05) is 0 Å². The van der Waals surface area contributed by atoms with Crippen LogP contribution in [0.15, 0.2) is 71.9 Å². The molecule has 0 saturated carbocycles. The maximum absolute atomic E-state index is 4.58. The zero-order valence-electron chi connectivity index (χ0n) is 17.3. The summed E-state index contributed by atoms with van der Waals surface area (Å²) in [6, 6.07) is 23.6. The molecule has 0 N–H and O–H groups in total. The first-order valence-electron chi connectivity index (χ1n) is 9.80. The normalized spacial score (nSPS) is 11.0. The van der Waals surface area contributed by atoms with Crippen molar-refractivity contribution in [1.82, 2.24) is 14.8 Å². The third-order valence-electron chi connectivity index (χ3n) is 5.03. The van der Waals surface area contributed by atoms with Crippen LogP contribution in [-0.2, 0) is 5.75 Å². The molecule has 0 radical (unpaired) electrons. The van der Waals surface area contributed by atoms with Crippen LogP contribution in [0.25, 0.3) is 17.1 Å². The Kier molecular flexibility index (Phi) is 5.54. The van der Waals surface area contributed by atoms with Crippen LogP contribution in [0.1, 0.15) is 27.8 Å². The van der Waals surface area contributed by atoms with Crippen LogP contribution in [0, 0.1) is 27.7 Å². The zero-order valence-corrected chi connectivity index (χ0v) is 18.1. The van der Waals surface area contributed by atoms with E-state index in [1.54, 1.807) is 11.8 Å². The van der Waals surface area contributed by atoms with E-state index in [2.05, 4.69) is 109 Å². The Balaban J connectivity index is 1.77. The van der Waals surface area contributed by atoms with E-state index in [0.29, 0.717) is 0 Å². The molecule has 0 saturated heterocycles. The second kappa shape index (κ2) is 8.26. The lowest BCUT2D eigenvalue weighted by Crippen LogP contribution is -2.00. The molecule has 1 aromatic heterocycles. The van der Waals surface area contributed by atoms with Gasteiger partial charge in [-0.25, -0.2) is 0 Å². The van der Waals surface area contributed by atoms with Crippen molar-refractivity contribution in [3.63, 3.8) is 0 Å². The van der Waals surface area contributed by atoms with Crippen LogP contribution >= 0.6 is 11.8 Å². The Hall–Kier alpha value is -2.85. The largest absolute Gasteiger partial charge is 0.270 e. The molecule has 146 valence electrons.